The average molecular weight is 258 g/mol. The molecule has 0 aliphatic heterocycles. The van der Waals surface area contributed by atoms with Gasteiger partial charge in [-0.05, 0) is 12.1 Å². The fraction of sp³-hybridized carbons (Fsp3) is 0.357. The highest BCUT2D eigenvalue weighted by Gasteiger charge is 2.13. The summed E-state index contributed by atoms with van der Waals surface area (Å²) in [5.41, 5.74) is 1.49. The van der Waals surface area contributed by atoms with Crippen molar-refractivity contribution in [1.82, 2.24) is 15.0 Å². The summed E-state index contributed by atoms with van der Waals surface area (Å²) in [6.07, 6.45) is 1.73. The van der Waals surface area contributed by atoms with Crippen molar-refractivity contribution in [2.75, 3.05) is 19.5 Å². The summed E-state index contributed by atoms with van der Waals surface area (Å²) in [5, 5.41) is 3.05. The van der Waals surface area contributed by atoms with Crippen molar-refractivity contribution in [3.05, 3.63) is 30.2 Å². The number of nitrogens with zero attached hydrogens (tertiary/aromatic N) is 3. The molecule has 0 saturated carbocycles. The third-order valence-electron chi connectivity index (χ3n) is 2.75. The molecule has 0 fully saturated rings. The number of pyridine rings is 1. The van der Waals surface area contributed by atoms with Crippen LogP contribution in [0.2, 0.25) is 0 Å². The van der Waals surface area contributed by atoms with Crippen LogP contribution in [0.5, 0.6) is 5.75 Å². The lowest BCUT2D eigenvalue weighted by Gasteiger charge is -2.11. The van der Waals surface area contributed by atoms with Crippen molar-refractivity contribution < 1.29 is 4.74 Å². The minimum absolute atomic E-state index is 0.252. The molecule has 2 heterocycles. The first kappa shape index (κ1) is 13.3. The van der Waals surface area contributed by atoms with Gasteiger partial charge < -0.3 is 10.1 Å². The summed E-state index contributed by atoms with van der Waals surface area (Å²) in [7, 11) is 3.47. The second-order valence-electron chi connectivity index (χ2n) is 4.46. The Hall–Kier alpha value is -2.17. The van der Waals surface area contributed by atoms with Crippen molar-refractivity contribution in [3.8, 4) is 17.1 Å². The highest BCUT2D eigenvalue weighted by atomic mass is 16.5. The number of methoxy groups -OCH3 is 1. The number of hydrogen-bond acceptors (Lipinski definition) is 5. The molecule has 0 unspecified atom stereocenters. The fourth-order valence-electron chi connectivity index (χ4n) is 1.72. The van der Waals surface area contributed by atoms with E-state index < -0.39 is 0 Å². The molecule has 0 saturated heterocycles. The summed E-state index contributed by atoms with van der Waals surface area (Å²) in [4.78, 5) is 13.4. The number of nitrogens with one attached hydrogen (secondary N) is 1. The van der Waals surface area contributed by atoms with Gasteiger partial charge in [-0.3, -0.25) is 4.98 Å². The highest BCUT2D eigenvalue weighted by Crippen LogP contribution is 2.28. The van der Waals surface area contributed by atoms with Crippen LogP contribution in [0, 0.1) is 0 Å². The van der Waals surface area contributed by atoms with E-state index >= 15 is 0 Å². The van der Waals surface area contributed by atoms with Gasteiger partial charge in [-0.15, -0.1) is 0 Å². The van der Waals surface area contributed by atoms with Gasteiger partial charge in [0.15, 0.2) is 0 Å². The normalized spacial score (nSPS) is 10.6. The Balaban J connectivity index is 2.57. The number of aromatic nitrogens is 3. The van der Waals surface area contributed by atoms with Crippen molar-refractivity contribution in [2.24, 2.45) is 0 Å². The van der Waals surface area contributed by atoms with Crippen LogP contribution in [0.25, 0.3) is 11.4 Å². The average Bonchev–Trinajstić information content (AvgIpc) is 2.46. The molecule has 100 valence electrons. The number of rotatable bonds is 4. The second-order valence-corrected chi connectivity index (χ2v) is 4.46. The number of anilines is 1. The van der Waals surface area contributed by atoms with E-state index in [1.807, 2.05) is 25.2 Å². The van der Waals surface area contributed by atoms with Crippen LogP contribution in [0.1, 0.15) is 25.6 Å². The van der Waals surface area contributed by atoms with Crippen LogP contribution < -0.4 is 10.1 Å². The Kier molecular flexibility index (Phi) is 3.94. The van der Waals surface area contributed by atoms with Gasteiger partial charge in [-0.2, -0.15) is 0 Å². The van der Waals surface area contributed by atoms with Crippen molar-refractivity contribution in [1.29, 1.82) is 0 Å². The Morgan fingerprint density at radius 1 is 1.26 bits per heavy atom. The van der Waals surface area contributed by atoms with Gasteiger partial charge in [-0.25, -0.2) is 9.97 Å². The lowest BCUT2D eigenvalue weighted by Crippen LogP contribution is -2.04. The Morgan fingerprint density at radius 2 is 2.05 bits per heavy atom. The zero-order valence-corrected chi connectivity index (χ0v) is 11.6. The van der Waals surface area contributed by atoms with E-state index in [1.54, 1.807) is 13.3 Å². The summed E-state index contributed by atoms with van der Waals surface area (Å²) >= 11 is 0. The zero-order chi connectivity index (χ0) is 13.8. The molecule has 2 aromatic rings. The first-order valence-corrected chi connectivity index (χ1v) is 6.21. The third kappa shape index (κ3) is 2.81. The van der Waals surface area contributed by atoms with E-state index in [-0.39, 0.29) is 5.92 Å². The lowest BCUT2D eigenvalue weighted by atomic mass is 10.2. The van der Waals surface area contributed by atoms with Crippen molar-refractivity contribution in [3.63, 3.8) is 0 Å². The predicted molar refractivity (Wildman–Crippen MR) is 75.5 cm³/mol. The monoisotopic (exact) mass is 258 g/mol. The van der Waals surface area contributed by atoms with Gasteiger partial charge in [0.2, 0.25) is 0 Å². The molecule has 2 aromatic heterocycles. The van der Waals surface area contributed by atoms with Gasteiger partial charge >= 0.3 is 0 Å². The van der Waals surface area contributed by atoms with Crippen LogP contribution in [-0.4, -0.2) is 29.1 Å². The number of hydrogen-bond donors (Lipinski definition) is 1. The molecule has 1 N–H and O–H groups in total. The molecule has 0 amide bonds. The lowest BCUT2D eigenvalue weighted by molar-refractivity contribution is 0.414. The van der Waals surface area contributed by atoms with Crippen LogP contribution in [0.4, 0.5) is 5.82 Å². The van der Waals surface area contributed by atoms with E-state index in [1.165, 1.54) is 0 Å². The van der Waals surface area contributed by atoms with Crippen LogP contribution >= 0.6 is 0 Å². The molecule has 0 bridgehead atoms. The van der Waals surface area contributed by atoms with Gasteiger partial charge in [0.1, 0.15) is 23.1 Å². The molecule has 5 nitrogen and oxygen atoms in total. The predicted octanol–water partition coefficient (Wildman–Crippen LogP) is 2.71. The van der Waals surface area contributed by atoms with E-state index in [0.717, 1.165) is 23.0 Å². The molecule has 0 spiro atoms. The maximum atomic E-state index is 5.33. The maximum absolute atomic E-state index is 5.33. The summed E-state index contributed by atoms with van der Waals surface area (Å²) in [6.45, 7) is 4.13. The van der Waals surface area contributed by atoms with Gasteiger partial charge in [0.05, 0.1) is 12.8 Å². The minimum atomic E-state index is 0.252. The second kappa shape index (κ2) is 5.65. The molecule has 0 aromatic carbocycles. The highest BCUT2D eigenvalue weighted by molar-refractivity contribution is 5.65. The molecule has 0 atom stereocenters. The molecule has 0 aliphatic rings. The van der Waals surface area contributed by atoms with Crippen molar-refractivity contribution in [2.45, 2.75) is 19.8 Å². The van der Waals surface area contributed by atoms with E-state index in [2.05, 4.69) is 34.1 Å². The molecule has 5 heteroatoms. The largest absolute Gasteiger partial charge is 0.494 e. The zero-order valence-electron chi connectivity index (χ0n) is 11.6. The smallest absolute Gasteiger partial charge is 0.146 e. The van der Waals surface area contributed by atoms with Crippen LogP contribution in [0.3, 0.4) is 0 Å². The first-order chi connectivity index (χ1) is 9.15. The molecular weight excluding hydrogens is 240 g/mol. The molecular formula is C14H18N4O. The molecule has 0 radical (unpaired) electrons. The summed E-state index contributed by atoms with van der Waals surface area (Å²) in [5.74, 6) is 2.52. The molecule has 0 aliphatic carbocycles. The Morgan fingerprint density at radius 3 is 2.68 bits per heavy atom. The summed E-state index contributed by atoms with van der Waals surface area (Å²) < 4.78 is 5.33. The maximum Gasteiger partial charge on any atom is 0.146 e. The van der Waals surface area contributed by atoms with Crippen LogP contribution in [0.15, 0.2) is 24.4 Å². The first-order valence-electron chi connectivity index (χ1n) is 6.21. The topological polar surface area (TPSA) is 59.9 Å². The van der Waals surface area contributed by atoms with Gasteiger partial charge in [-0.1, -0.05) is 13.8 Å². The molecule has 19 heavy (non-hydrogen) atoms. The third-order valence-corrected chi connectivity index (χ3v) is 2.75. The van der Waals surface area contributed by atoms with E-state index in [4.69, 9.17) is 4.74 Å². The SMILES string of the molecule is CNc1cc(-c2ncccc2OC)nc(C(C)C)n1. The van der Waals surface area contributed by atoms with Gasteiger partial charge in [0, 0.05) is 25.2 Å². The molecule has 2 rings (SSSR count). The Labute approximate surface area is 113 Å². The van der Waals surface area contributed by atoms with E-state index in [0.29, 0.717) is 5.75 Å². The fourth-order valence-corrected chi connectivity index (χ4v) is 1.72. The Bertz CT molecular complexity index is 569. The van der Waals surface area contributed by atoms with Crippen molar-refractivity contribution >= 4 is 5.82 Å². The number of ether oxygens (including phenoxy) is 1. The van der Waals surface area contributed by atoms with Crippen LogP contribution in [-0.2, 0) is 0 Å². The van der Waals surface area contributed by atoms with E-state index in [9.17, 15) is 0 Å². The quantitative estimate of drug-likeness (QED) is 0.913. The van der Waals surface area contributed by atoms with Gasteiger partial charge in [0.25, 0.3) is 0 Å². The minimum Gasteiger partial charge on any atom is -0.494 e. The standard InChI is InChI=1S/C14H18N4O/c1-9(2)14-17-10(8-12(15-3)18-14)13-11(19-4)6-5-7-16-13/h5-9H,1-4H3,(H,15,17,18). The summed E-state index contributed by atoms with van der Waals surface area (Å²) in [6, 6.07) is 5.58.